The van der Waals surface area contributed by atoms with E-state index in [0.717, 1.165) is 12.7 Å². The largest absolute Gasteiger partial charge is 0.493 e. The van der Waals surface area contributed by atoms with E-state index in [4.69, 9.17) is 21.1 Å². The Morgan fingerprint density at radius 2 is 1.70 bits per heavy atom. The van der Waals surface area contributed by atoms with E-state index in [9.17, 15) is 13.2 Å². The second kappa shape index (κ2) is 10.0. The van der Waals surface area contributed by atoms with Gasteiger partial charge in [0.05, 0.1) is 38.3 Å². The number of benzene rings is 2. The van der Waals surface area contributed by atoms with Crippen molar-refractivity contribution in [3.63, 3.8) is 0 Å². The van der Waals surface area contributed by atoms with Crippen LogP contribution in [0.5, 0.6) is 11.5 Å². The average molecular weight is 455 g/mol. The van der Waals surface area contributed by atoms with Crippen LogP contribution in [0.3, 0.4) is 0 Å². The van der Waals surface area contributed by atoms with Crippen LogP contribution in [0.4, 0.5) is 5.69 Å². The minimum absolute atomic E-state index is 0.0229. The smallest absolute Gasteiger partial charge is 0.253 e. The zero-order valence-electron chi connectivity index (χ0n) is 17.7. The van der Waals surface area contributed by atoms with Gasteiger partial charge < -0.3 is 14.8 Å². The first kappa shape index (κ1) is 23.8. The SMILES string of the molecule is CC[C@H](C)NC(=O)c1cc(OC)c(OC)cc1N(Cc1ccc(Cl)cc1)S(C)(=O)=O. The molecule has 7 nitrogen and oxygen atoms in total. The minimum atomic E-state index is -3.74. The number of carbonyl (C=O) groups excluding carboxylic acids is 1. The van der Waals surface area contributed by atoms with E-state index in [1.807, 2.05) is 13.8 Å². The molecule has 1 N–H and O–H groups in total. The highest BCUT2D eigenvalue weighted by atomic mass is 35.5. The molecule has 9 heteroatoms. The van der Waals surface area contributed by atoms with Crippen LogP contribution in [0, 0.1) is 0 Å². The van der Waals surface area contributed by atoms with Crippen molar-refractivity contribution in [1.82, 2.24) is 5.32 Å². The van der Waals surface area contributed by atoms with Gasteiger partial charge in [-0.3, -0.25) is 9.10 Å². The summed E-state index contributed by atoms with van der Waals surface area (Å²) in [5, 5.41) is 3.42. The fourth-order valence-electron chi connectivity index (χ4n) is 2.80. The number of sulfonamides is 1. The number of methoxy groups -OCH3 is 2. The fraction of sp³-hybridized carbons (Fsp3) is 0.381. The Morgan fingerprint density at radius 3 is 2.20 bits per heavy atom. The van der Waals surface area contributed by atoms with Crippen molar-refractivity contribution in [3.05, 3.63) is 52.5 Å². The first-order valence-electron chi connectivity index (χ1n) is 9.39. The maximum absolute atomic E-state index is 13.0. The van der Waals surface area contributed by atoms with Gasteiger partial charge in [0.2, 0.25) is 10.0 Å². The lowest BCUT2D eigenvalue weighted by atomic mass is 10.1. The van der Waals surface area contributed by atoms with E-state index in [1.54, 1.807) is 24.3 Å². The zero-order chi connectivity index (χ0) is 22.5. The van der Waals surface area contributed by atoms with Crippen LogP contribution in [-0.2, 0) is 16.6 Å². The number of rotatable bonds is 9. The Hall–Kier alpha value is -2.45. The Morgan fingerprint density at radius 1 is 1.13 bits per heavy atom. The number of amides is 1. The molecule has 2 aromatic rings. The molecular weight excluding hydrogens is 428 g/mol. The van der Waals surface area contributed by atoms with Crippen LogP contribution in [0.25, 0.3) is 0 Å². The monoisotopic (exact) mass is 454 g/mol. The third kappa shape index (κ3) is 5.79. The molecule has 1 atom stereocenters. The summed E-state index contributed by atoms with van der Waals surface area (Å²) in [5.74, 6) is 0.248. The summed E-state index contributed by atoms with van der Waals surface area (Å²) in [6.45, 7) is 3.85. The molecule has 0 spiro atoms. The van der Waals surface area contributed by atoms with Crippen LogP contribution in [-0.4, -0.2) is 40.8 Å². The summed E-state index contributed by atoms with van der Waals surface area (Å²) in [6, 6.07) is 9.75. The Kier molecular flexibility index (Phi) is 7.97. The van der Waals surface area contributed by atoms with Crippen LogP contribution in [0.2, 0.25) is 5.02 Å². The third-order valence-electron chi connectivity index (χ3n) is 4.64. The molecule has 0 heterocycles. The first-order valence-corrected chi connectivity index (χ1v) is 11.6. The summed E-state index contributed by atoms with van der Waals surface area (Å²) in [5.41, 5.74) is 1.09. The van der Waals surface area contributed by atoms with Crippen molar-refractivity contribution in [2.75, 3.05) is 24.8 Å². The normalized spacial score (nSPS) is 12.2. The summed E-state index contributed by atoms with van der Waals surface area (Å²) < 4.78 is 37.3. The third-order valence-corrected chi connectivity index (χ3v) is 6.02. The molecule has 2 aromatic carbocycles. The molecule has 0 aromatic heterocycles. The maximum Gasteiger partial charge on any atom is 0.253 e. The molecular formula is C21H27ClN2O5S. The highest BCUT2D eigenvalue weighted by molar-refractivity contribution is 7.92. The van der Waals surface area contributed by atoms with E-state index in [0.29, 0.717) is 22.1 Å². The molecule has 0 saturated heterocycles. The predicted molar refractivity (Wildman–Crippen MR) is 119 cm³/mol. The Labute approximate surface area is 183 Å². The molecule has 2 rings (SSSR count). The lowest BCUT2D eigenvalue weighted by Gasteiger charge is -2.26. The molecule has 0 unspecified atom stereocenters. The Balaban J connectivity index is 2.64. The topological polar surface area (TPSA) is 84.9 Å². The van der Waals surface area contributed by atoms with Gasteiger partial charge in [0.25, 0.3) is 5.91 Å². The molecule has 164 valence electrons. The number of anilines is 1. The van der Waals surface area contributed by atoms with E-state index >= 15 is 0 Å². The quantitative estimate of drug-likeness (QED) is 0.622. The van der Waals surface area contributed by atoms with Gasteiger partial charge in [-0.1, -0.05) is 30.7 Å². The number of halogens is 1. The van der Waals surface area contributed by atoms with Crippen molar-refractivity contribution in [2.45, 2.75) is 32.9 Å². The average Bonchev–Trinajstić information content (AvgIpc) is 2.71. The standard InChI is InChI=1S/C21H27ClN2O5S/c1-6-14(2)23-21(25)17-11-19(28-3)20(29-4)12-18(17)24(30(5,26)27)13-15-7-9-16(22)10-8-15/h7-12,14H,6,13H2,1-5H3,(H,23,25)/t14-/m0/s1. The number of nitrogens with one attached hydrogen (secondary N) is 1. The summed E-state index contributed by atoms with van der Waals surface area (Å²) in [6.07, 6.45) is 1.82. The van der Waals surface area contributed by atoms with Crippen molar-refractivity contribution < 1.29 is 22.7 Å². The number of nitrogens with zero attached hydrogens (tertiary/aromatic N) is 1. The molecule has 0 aliphatic rings. The van der Waals surface area contributed by atoms with Crippen LogP contribution < -0.4 is 19.1 Å². The van der Waals surface area contributed by atoms with Gasteiger partial charge in [-0.25, -0.2) is 8.42 Å². The molecule has 0 aliphatic carbocycles. The minimum Gasteiger partial charge on any atom is -0.493 e. The highest BCUT2D eigenvalue weighted by Gasteiger charge is 2.27. The summed E-state index contributed by atoms with van der Waals surface area (Å²) >= 11 is 5.94. The fourth-order valence-corrected chi connectivity index (χ4v) is 3.81. The van der Waals surface area contributed by atoms with Crippen LogP contribution >= 0.6 is 11.6 Å². The van der Waals surface area contributed by atoms with Crippen molar-refractivity contribution in [2.24, 2.45) is 0 Å². The first-order chi connectivity index (χ1) is 14.1. The molecule has 0 saturated carbocycles. The number of ether oxygens (including phenoxy) is 2. The number of carbonyl (C=O) groups is 1. The molecule has 0 fully saturated rings. The lowest BCUT2D eigenvalue weighted by molar-refractivity contribution is 0.0939. The maximum atomic E-state index is 13.0. The second-order valence-corrected chi connectivity index (χ2v) is 9.25. The van der Waals surface area contributed by atoms with E-state index < -0.39 is 15.9 Å². The van der Waals surface area contributed by atoms with Gasteiger partial charge in [-0.2, -0.15) is 0 Å². The lowest BCUT2D eigenvalue weighted by Crippen LogP contribution is -2.35. The van der Waals surface area contributed by atoms with Gasteiger partial charge in [-0.15, -0.1) is 0 Å². The van der Waals surface area contributed by atoms with Crippen molar-refractivity contribution >= 4 is 33.2 Å². The molecule has 0 radical (unpaired) electrons. The van der Waals surface area contributed by atoms with Gasteiger partial charge in [-0.05, 0) is 37.1 Å². The van der Waals surface area contributed by atoms with Gasteiger partial charge in [0.15, 0.2) is 11.5 Å². The van der Waals surface area contributed by atoms with Gasteiger partial charge in [0, 0.05) is 17.1 Å². The molecule has 30 heavy (non-hydrogen) atoms. The van der Waals surface area contributed by atoms with Crippen molar-refractivity contribution in [1.29, 1.82) is 0 Å². The van der Waals surface area contributed by atoms with Crippen LogP contribution in [0.1, 0.15) is 36.2 Å². The van der Waals surface area contributed by atoms with E-state index in [-0.39, 0.29) is 23.8 Å². The molecule has 0 bridgehead atoms. The van der Waals surface area contributed by atoms with E-state index in [1.165, 1.54) is 30.7 Å². The molecule has 1 amide bonds. The zero-order valence-corrected chi connectivity index (χ0v) is 19.3. The second-order valence-electron chi connectivity index (χ2n) is 6.90. The summed E-state index contributed by atoms with van der Waals surface area (Å²) in [7, 11) is -0.834. The summed E-state index contributed by atoms with van der Waals surface area (Å²) in [4.78, 5) is 13.0. The Bertz CT molecular complexity index is 993. The predicted octanol–water partition coefficient (Wildman–Crippen LogP) is 3.85. The number of hydrogen-bond acceptors (Lipinski definition) is 5. The number of hydrogen-bond donors (Lipinski definition) is 1. The van der Waals surface area contributed by atoms with Crippen LogP contribution in [0.15, 0.2) is 36.4 Å². The molecule has 0 aliphatic heterocycles. The van der Waals surface area contributed by atoms with Crippen molar-refractivity contribution in [3.8, 4) is 11.5 Å². The van der Waals surface area contributed by atoms with Gasteiger partial charge in [0.1, 0.15) is 0 Å². The highest BCUT2D eigenvalue weighted by Crippen LogP contribution is 2.37. The van der Waals surface area contributed by atoms with E-state index in [2.05, 4.69) is 5.32 Å². The van der Waals surface area contributed by atoms with Gasteiger partial charge >= 0.3 is 0 Å².